The molecule has 0 atom stereocenters. The monoisotopic (exact) mass is 433 g/mol. The van der Waals surface area contributed by atoms with Crippen LogP contribution in [0.1, 0.15) is 24.6 Å². The number of piperazine rings is 1. The molecular formula is C21H28ClN5OS. The summed E-state index contributed by atoms with van der Waals surface area (Å²) in [6.45, 7) is 11.1. The second-order valence-electron chi connectivity index (χ2n) is 7.72. The molecule has 4 rings (SSSR count). The Kier molecular flexibility index (Phi) is 6.70. The zero-order chi connectivity index (χ0) is 20.2. The van der Waals surface area contributed by atoms with Crippen LogP contribution in [0.5, 0.6) is 5.75 Å². The number of allylic oxidation sites excluding steroid dienone is 1. The van der Waals surface area contributed by atoms with Crippen LogP contribution in [-0.2, 0) is 13.2 Å². The van der Waals surface area contributed by atoms with Gasteiger partial charge in [0.25, 0.3) is 0 Å². The van der Waals surface area contributed by atoms with Gasteiger partial charge in [-0.1, -0.05) is 17.7 Å². The lowest BCUT2D eigenvalue weighted by Crippen LogP contribution is -2.47. The molecule has 1 saturated heterocycles. The molecule has 29 heavy (non-hydrogen) atoms. The molecule has 0 amide bonds. The number of hydrogen-bond acceptors (Lipinski definition) is 5. The highest BCUT2D eigenvalue weighted by molar-refractivity contribution is 7.71. The molecule has 2 aromatic rings. The molecule has 0 unspecified atom stereocenters. The first-order valence-corrected chi connectivity index (χ1v) is 11.0. The Morgan fingerprint density at radius 2 is 1.83 bits per heavy atom. The maximum atomic E-state index is 5.91. The van der Waals surface area contributed by atoms with Crippen LogP contribution in [0.15, 0.2) is 36.9 Å². The average Bonchev–Trinajstić information content (AvgIpc) is 3.53. The van der Waals surface area contributed by atoms with Gasteiger partial charge in [0.15, 0.2) is 4.77 Å². The van der Waals surface area contributed by atoms with E-state index in [9.17, 15) is 0 Å². The van der Waals surface area contributed by atoms with Crippen molar-refractivity contribution in [3.05, 3.63) is 52.5 Å². The number of benzene rings is 1. The second kappa shape index (κ2) is 9.43. The maximum absolute atomic E-state index is 5.91. The molecule has 8 heteroatoms. The molecule has 156 valence electrons. The minimum absolute atomic E-state index is 0.579. The lowest BCUT2D eigenvalue weighted by molar-refractivity contribution is 0.0919. The van der Waals surface area contributed by atoms with Crippen molar-refractivity contribution < 1.29 is 4.74 Å². The van der Waals surface area contributed by atoms with Crippen LogP contribution in [0, 0.1) is 4.77 Å². The molecule has 6 nitrogen and oxygen atoms in total. The van der Waals surface area contributed by atoms with E-state index in [4.69, 9.17) is 33.7 Å². The number of hydrogen-bond donors (Lipinski definition) is 0. The predicted octanol–water partition coefficient (Wildman–Crippen LogP) is 3.78. The molecule has 2 aliphatic rings. The van der Waals surface area contributed by atoms with Crippen molar-refractivity contribution in [2.24, 2.45) is 0 Å². The first-order valence-electron chi connectivity index (χ1n) is 10.3. The number of nitrogens with zero attached hydrogens (tertiary/aromatic N) is 5. The predicted molar refractivity (Wildman–Crippen MR) is 118 cm³/mol. The van der Waals surface area contributed by atoms with Crippen LogP contribution < -0.4 is 4.74 Å². The summed E-state index contributed by atoms with van der Waals surface area (Å²) in [5, 5.41) is 5.56. The third-order valence-electron chi connectivity index (χ3n) is 5.49. The van der Waals surface area contributed by atoms with Gasteiger partial charge in [0.05, 0.1) is 6.67 Å². The van der Waals surface area contributed by atoms with Gasteiger partial charge in [-0.3, -0.25) is 14.4 Å². The largest absolute Gasteiger partial charge is 0.492 e. The molecule has 2 fully saturated rings. The number of ether oxygens (including phenoxy) is 1. The molecule has 0 bridgehead atoms. The van der Waals surface area contributed by atoms with Gasteiger partial charge >= 0.3 is 0 Å². The summed E-state index contributed by atoms with van der Waals surface area (Å²) >= 11 is 11.6. The fraction of sp³-hybridized carbons (Fsp3) is 0.524. The van der Waals surface area contributed by atoms with E-state index in [1.165, 1.54) is 12.8 Å². The summed E-state index contributed by atoms with van der Waals surface area (Å²) < 4.78 is 10.8. The fourth-order valence-electron chi connectivity index (χ4n) is 3.66. The Bertz CT molecular complexity index is 881. The Morgan fingerprint density at radius 3 is 2.48 bits per heavy atom. The van der Waals surface area contributed by atoms with Gasteiger partial charge in [-0.05, 0) is 49.3 Å². The molecular weight excluding hydrogens is 406 g/mol. The Labute approximate surface area is 182 Å². The van der Waals surface area contributed by atoms with Crippen molar-refractivity contribution in [3.63, 3.8) is 0 Å². The third kappa shape index (κ3) is 5.28. The van der Waals surface area contributed by atoms with E-state index in [1.807, 2.05) is 35.0 Å². The third-order valence-corrected chi connectivity index (χ3v) is 6.18. The lowest BCUT2D eigenvalue weighted by Gasteiger charge is -2.34. The summed E-state index contributed by atoms with van der Waals surface area (Å²) in [5.41, 5.74) is 0. The van der Waals surface area contributed by atoms with E-state index in [0.717, 1.165) is 67.3 Å². The highest BCUT2D eigenvalue weighted by atomic mass is 35.5. The van der Waals surface area contributed by atoms with Crippen molar-refractivity contribution in [2.45, 2.75) is 32.0 Å². The van der Waals surface area contributed by atoms with Gasteiger partial charge < -0.3 is 4.74 Å². The van der Waals surface area contributed by atoms with E-state index in [1.54, 1.807) is 0 Å². The highest BCUT2D eigenvalue weighted by Crippen LogP contribution is 2.39. The Balaban J connectivity index is 1.25. The van der Waals surface area contributed by atoms with Gasteiger partial charge in [0, 0.05) is 50.2 Å². The second-order valence-corrected chi connectivity index (χ2v) is 8.52. The molecule has 0 N–H and O–H groups in total. The molecule has 1 aromatic carbocycles. The zero-order valence-corrected chi connectivity index (χ0v) is 18.2. The summed E-state index contributed by atoms with van der Waals surface area (Å²) in [7, 11) is 0. The number of halogens is 1. The summed E-state index contributed by atoms with van der Waals surface area (Å²) in [6.07, 6.45) is 4.35. The van der Waals surface area contributed by atoms with E-state index in [-0.39, 0.29) is 0 Å². The van der Waals surface area contributed by atoms with E-state index in [0.29, 0.717) is 12.5 Å². The zero-order valence-electron chi connectivity index (χ0n) is 16.7. The average molecular weight is 434 g/mol. The molecule has 1 aliphatic carbocycles. The quantitative estimate of drug-likeness (QED) is 0.444. The van der Waals surface area contributed by atoms with Crippen molar-refractivity contribution in [1.82, 2.24) is 24.1 Å². The smallest absolute Gasteiger partial charge is 0.199 e. The lowest BCUT2D eigenvalue weighted by atomic mass is 10.3. The van der Waals surface area contributed by atoms with Crippen LogP contribution >= 0.6 is 23.8 Å². The Morgan fingerprint density at radius 1 is 1.14 bits per heavy atom. The van der Waals surface area contributed by atoms with E-state index < -0.39 is 0 Å². The molecule has 0 spiro atoms. The van der Waals surface area contributed by atoms with Gasteiger partial charge in [-0.2, -0.15) is 5.10 Å². The van der Waals surface area contributed by atoms with Crippen LogP contribution in [0.4, 0.5) is 0 Å². The Hall–Kier alpha value is -1.67. The van der Waals surface area contributed by atoms with Gasteiger partial charge in [-0.25, -0.2) is 4.68 Å². The van der Waals surface area contributed by atoms with Crippen LogP contribution in [0.3, 0.4) is 0 Å². The van der Waals surface area contributed by atoms with E-state index >= 15 is 0 Å². The topological polar surface area (TPSA) is 38.5 Å². The highest BCUT2D eigenvalue weighted by Gasteiger charge is 2.30. The minimum atomic E-state index is 0.579. The first-order chi connectivity index (χ1) is 14.1. The summed E-state index contributed by atoms with van der Waals surface area (Å²) in [6, 6.07) is 7.52. The standard InChI is InChI=1S/C21H28ClN5OS/c1-2-9-26-20(17-3-4-17)23-27(21(26)29)16-25-12-10-24(11-13-25)14-15-28-19-7-5-18(22)6-8-19/h2,5-8,17H,1,3-4,9-16H2. The maximum Gasteiger partial charge on any atom is 0.199 e. The van der Waals surface area contributed by atoms with Crippen molar-refractivity contribution in [1.29, 1.82) is 0 Å². The first kappa shape index (κ1) is 20.6. The summed E-state index contributed by atoms with van der Waals surface area (Å²) in [5.74, 6) is 2.58. The molecule has 1 aromatic heterocycles. The van der Waals surface area contributed by atoms with E-state index in [2.05, 4.69) is 20.9 Å². The van der Waals surface area contributed by atoms with Gasteiger partial charge in [0.1, 0.15) is 18.2 Å². The number of rotatable bonds is 9. The minimum Gasteiger partial charge on any atom is -0.492 e. The van der Waals surface area contributed by atoms with Crippen molar-refractivity contribution >= 4 is 23.8 Å². The van der Waals surface area contributed by atoms with Crippen LogP contribution in [0.2, 0.25) is 5.02 Å². The van der Waals surface area contributed by atoms with Crippen molar-refractivity contribution in [2.75, 3.05) is 39.3 Å². The number of aromatic nitrogens is 3. The molecule has 1 saturated carbocycles. The molecule has 0 radical (unpaired) electrons. The fourth-order valence-corrected chi connectivity index (χ4v) is 4.05. The van der Waals surface area contributed by atoms with Gasteiger partial charge in [-0.15, -0.1) is 6.58 Å². The van der Waals surface area contributed by atoms with Crippen molar-refractivity contribution in [3.8, 4) is 5.75 Å². The normalized spacial score (nSPS) is 18.1. The van der Waals surface area contributed by atoms with Crippen LogP contribution in [0.25, 0.3) is 0 Å². The SMILES string of the molecule is C=CCn1c(C2CC2)nn(CN2CCN(CCOc3ccc(Cl)cc3)CC2)c1=S. The van der Waals surface area contributed by atoms with Crippen LogP contribution in [-0.4, -0.2) is 63.5 Å². The summed E-state index contributed by atoms with van der Waals surface area (Å²) in [4.78, 5) is 4.87. The van der Waals surface area contributed by atoms with Gasteiger partial charge in [0.2, 0.25) is 0 Å². The molecule has 1 aliphatic heterocycles. The molecule has 2 heterocycles.